The van der Waals surface area contributed by atoms with Crippen molar-refractivity contribution in [3.05, 3.63) is 35.2 Å². The van der Waals surface area contributed by atoms with Gasteiger partial charge in [0.15, 0.2) is 0 Å². The Bertz CT molecular complexity index is 694. The van der Waals surface area contributed by atoms with Crippen LogP contribution in [-0.4, -0.2) is 18.0 Å². The normalized spacial score (nSPS) is 11.3. The highest BCUT2D eigenvalue weighted by Gasteiger charge is 2.17. The summed E-state index contributed by atoms with van der Waals surface area (Å²) in [5.41, 5.74) is 0. The molecule has 0 amide bonds. The van der Waals surface area contributed by atoms with Gasteiger partial charge in [-0.3, -0.25) is 0 Å². The van der Waals surface area contributed by atoms with Crippen molar-refractivity contribution >= 4 is 21.4 Å². The third-order valence-corrected chi connectivity index (χ3v) is 5.18. The zero-order valence-corrected chi connectivity index (χ0v) is 11.1. The van der Waals surface area contributed by atoms with Crippen LogP contribution in [0.4, 0.5) is 0 Å². The van der Waals surface area contributed by atoms with Gasteiger partial charge in [0.25, 0.3) is 10.0 Å². The third-order valence-electron chi connectivity index (χ3n) is 2.30. The van der Waals surface area contributed by atoms with Gasteiger partial charge in [-0.2, -0.15) is 5.26 Å². The summed E-state index contributed by atoms with van der Waals surface area (Å²) < 4.78 is 28.2. The number of hydrogen-bond donors (Lipinski definition) is 1. The highest BCUT2D eigenvalue weighted by atomic mass is 32.2. The van der Waals surface area contributed by atoms with Crippen LogP contribution in [0, 0.1) is 11.3 Å². The van der Waals surface area contributed by atoms with Crippen LogP contribution in [0.3, 0.4) is 0 Å². The summed E-state index contributed by atoms with van der Waals surface area (Å²) in [5, 5.41) is 8.67. The lowest BCUT2D eigenvalue weighted by Crippen LogP contribution is -2.23. The number of nitriles is 1. The predicted octanol–water partition coefficient (Wildman–Crippen LogP) is 0.832. The highest BCUT2D eigenvalue weighted by Crippen LogP contribution is 2.20. The maximum Gasteiger partial charge on any atom is 0.250 e. The lowest BCUT2D eigenvalue weighted by molar-refractivity contribution is 0.579. The van der Waals surface area contributed by atoms with Gasteiger partial charge in [-0.15, -0.1) is 11.3 Å². The maximum atomic E-state index is 11.9. The molecule has 8 heteroatoms. The van der Waals surface area contributed by atoms with Crippen molar-refractivity contribution in [1.82, 2.24) is 14.3 Å². The van der Waals surface area contributed by atoms with E-state index in [1.165, 1.54) is 12.1 Å². The van der Waals surface area contributed by atoms with Crippen molar-refractivity contribution in [2.45, 2.75) is 10.8 Å². The van der Waals surface area contributed by atoms with Gasteiger partial charge in [0.05, 0.1) is 6.54 Å². The molecule has 1 N–H and O–H groups in total. The molecule has 0 aliphatic carbocycles. The fraction of sp³-hybridized carbons (Fsp3) is 0.200. The SMILES string of the molecule is Cn1ccnc1CNS(=O)(=O)c1ccc(C#N)s1. The third kappa shape index (κ3) is 2.59. The van der Waals surface area contributed by atoms with Crippen molar-refractivity contribution in [3.63, 3.8) is 0 Å². The van der Waals surface area contributed by atoms with E-state index in [2.05, 4.69) is 9.71 Å². The minimum absolute atomic E-state index is 0.117. The van der Waals surface area contributed by atoms with Gasteiger partial charge < -0.3 is 4.57 Å². The van der Waals surface area contributed by atoms with E-state index in [0.717, 1.165) is 11.3 Å². The number of rotatable bonds is 4. The Labute approximate surface area is 109 Å². The lowest BCUT2D eigenvalue weighted by atomic mass is 10.5. The molecule has 2 aromatic rings. The zero-order chi connectivity index (χ0) is 13.2. The first-order valence-corrected chi connectivity index (χ1v) is 7.29. The summed E-state index contributed by atoms with van der Waals surface area (Å²) in [4.78, 5) is 4.39. The second-order valence-corrected chi connectivity index (χ2v) is 6.59. The van der Waals surface area contributed by atoms with E-state index in [1.807, 2.05) is 6.07 Å². The summed E-state index contributed by atoms with van der Waals surface area (Å²) in [6, 6.07) is 4.81. The van der Waals surface area contributed by atoms with Crippen molar-refractivity contribution in [3.8, 4) is 6.07 Å². The number of aryl methyl sites for hydroxylation is 1. The first-order valence-electron chi connectivity index (χ1n) is 4.99. The summed E-state index contributed by atoms with van der Waals surface area (Å²) in [5.74, 6) is 0.621. The monoisotopic (exact) mass is 282 g/mol. The van der Waals surface area contributed by atoms with Crippen LogP contribution in [0.25, 0.3) is 0 Å². The molecule has 6 nitrogen and oxygen atoms in total. The van der Waals surface area contributed by atoms with Crippen molar-refractivity contribution in [2.75, 3.05) is 0 Å². The molecule has 0 saturated heterocycles. The fourth-order valence-electron chi connectivity index (χ4n) is 1.32. The van der Waals surface area contributed by atoms with Crippen LogP contribution in [0.5, 0.6) is 0 Å². The number of thiophene rings is 1. The Morgan fingerprint density at radius 1 is 1.56 bits per heavy atom. The highest BCUT2D eigenvalue weighted by molar-refractivity contribution is 7.91. The van der Waals surface area contributed by atoms with E-state index in [-0.39, 0.29) is 10.8 Å². The molecule has 0 aromatic carbocycles. The number of hydrogen-bond acceptors (Lipinski definition) is 5. The number of aromatic nitrogens is 2. The van der Waals surface area contributed by atoms with Gasteiger partial charge in [-0.05, 0) is 12.1 Å². The largest absolute Gasteiger partial charge is 0.337 e. The second-order valence-electron chi connectivity index (χ2n) is 3.51. The topological polar surface area (TPSA) is 87.8 Å². The van der Waals surface area contributed by atoms with Crippen molar-refractivity contribution < 1.29 is 8.42 Å². The van der Waals surface area contributed by atoms with Crippen LogP contribution < -0.4 is 4.72 Å². The van der Waals surface area contributed by atoms with E-state index < -0.39 is 10.0 Å². The van der Waals surface area contributed by atoms with E-state index in [9.17, 15) is 8.42 Å². The van der Waals surface area contributed by atoms with Gasteiger partial charge in [-0.1, -0.05) is 0 Å². The molecular formula is C10H10N4O2S2. The van der Waals surface area contributed by atoms with Crippen LogP contribution in [0.1, 0.15) is 10.7 Å². The molecule has 0 fully saturated rings. The molecule has 0 bridgehead atoms. The van der Waals surface area contributed by atoms with Crippen LogP contribution >= 0.6 is 11.3 Å². The summed E-state index contributed by atoms with van der Waals surface area (Å²) in [6.45, 7) is 0.117. The first-order chi connectivity index (χ1) is 8.53. The summed E-state index contributed by atoms with van der Waals surface area (Å²) >= 11 is 0.942. The predicted molar refractivity (Wildman–Crippen MR) is 66.3 cm³/mol. The summed E-state index contributed by atoms with van der Waals surface area (Å²) in [6.07, 6.45) is 3.34. The van der Waals surface area contributed by atoms with Gasteiger partial charge in [0, 0.05) is 19.4 Å². The van der Waals surface area contributed by atoms with Gasteiger partial charge in [-0.25, -0.2) is 18.1 Å². The molecule has 2 aromatic heterocycles. The minimum atomic E-state index is -3.58. The van der Waals surface area contributed by atoms with E-state index >= 15 is 0 Å². The molecule has 0 spiro atoms. The van der Waals surface area contributed by atoms with Crippen LogP contribution in [0.15, 0.2) is 28.7 Å². The number of sulfonamides is 1. The molecule has 0 radical (unpaired) electrons. The Hall–Kier alpha value is -1.69. The number of nitrogens with zero attached hydrogens (tertiary/aromatic N) is 3. The molecule has 2 heterocycles. The molecular weight excluding hydrogens is 272 g/mol. The maximum absolute atomic E-state index is 11.9. The van der Waals surface area contributed by atoms with E-state index in [1.54, 1.807) is 24.0 Å². The zero-order valence-electron chi connectivity index (χ0n) is 9.49. The standard InChI is InChI=1S/C10H10N4O2S2/c1-14-5-4-12-9(14)7-13-18(15,16)10-3-2-8(6-11)17-10/h2-5,13H,7H2,1H3. The smallest absolute Gasteiger partial charge is 0.250 e. The van der Waals surface area contributed by atoms with E-state index in [0.29, 0.717) is 10.7 Å². The Morgan fingerprint density at radius 3 is 2.89 bits per heavy atom. The molecule has 2 rings (SSSR count). The molecule has 0 atom stereocenters. The van der Waals surface area contributed by atoms with Gasteiger partial charge in [0.1, 0.15) is 21.0 Å². The van der Waals surface area contributed by atoms with Gasteiger partial charge >= 0.3 is 0 Å². The average Bonchev–Trinajstić information content (AvgIpc) is 2.95. The van der Waals surface area contributed by atoms with Crippen molar-refractivity contribution in [1.29, 1.82) is 5.26 Å². The molecule has 94 valence electrons. The quantitative estimate of drug-likeness (QED) is 0.899. The summed E-state index contributed by atoms with van der Waals surface area (Å²) in [7, 11) is -1.79. The molecule has 0 aliphatic heterocycles. The molecule has 0 unspecified atom stereocenters. The van der Waals surface area contributed by atoms with Crippen LogP contribution in [-0.2, 0) is 23.6 Å². The van der Waals surface area contributed by atoms with Crippen molar-refractivity contribution in [2.24, 2.45) is 7.05 Å². The Morgan fingerprint density at radius 2 is 2.33 bits per heavy atom. The van der Waals surface area contributed by atoms with E-state index in [4.69, 9.17) is 5.26 Å². The lowest BCUT2D eigenvalue weighted by Gasteiger charge is -2.04. The fourth-order valence-corrected chi connectivity index (χ4v) is 3.45. The van der Waals surface area contributed by atoms with Crippen LogP contribution in [0.2, 0.25) is 0 Å². The minimum Gasteiger partial charge on any atom is -0.337 e. The Kier molecular flexibility index (Phi) is 3.47. The average molecular weight is 282 g/mol. The molecule has 0 aliphatic rings. The second kappa shape index (κ2) is 4.89. The first kappa shape index (κ1) is 12.8. The Balaban J connectivity index is 2.13. The number of imidazole rings is 1. The molecule has 18 heavy (non-hydrogen) atoms. The molecule has 0 saturated carbocycles. The number of nitrogens with one attached hydrogen (secondary N) is 1. The van der Waals surface area contributed by atoms with Gasteiger partial charge in [0.2, 0.25) is 0 Å².